The van der Waals surface area contributed by atoms with Crippen LogP contribution in [0.2, 0.25) is 0 Å². The molecule has 0 bridgehead atoms. The highest BCUT2D eigenvalue weighted by Gasteiger charge is 2.42. The van der Waals surface area contributed by atoms with Gasteiger partial charge in [-0.25, -0.2) is 8.78 Å². The molecule has 0 unspecified atom stereocenters. The van der Waals surface area contributed by atoms with Crippen molar-refractivity contribution in [3.63, 3.8) is 0 Å². The highest BCUT2D eigenvalue weighted by Crippen LogP contribution is 2.43. The maximum atomic E-state index is 14.9. The Bertz CT molecular complexity index is 4990. The summed E-state index contributed by atoms with van der Waals surface area (Å²) in [5.41, 5.74) is 16.4. The van der Waals surface area contributed by atoms with Gasteiger partial charge in [0.2, 0.25) is 0 Å². The zero-order valence-electron chi connectivity index (χ0n) is 49.5. The van der Waals surface area contributed by atoms with Crippen LogP contribution < -0.4 is 30.5 Å². The summed E-state index contributed by atoms with van der Waals surface area (Å²) in [6.07, 6.45) is 0. The molecule has 0 saturated heterocycles. The first-order valence-corrected chi connectivity index (χ1v) is 32.8. The fourth-order valence-electron chi connectivity index (χ4n) is 13.9. The topological polar surface area (TPSA) is 16.3 Å². The summed E-state index contributed by atoms with van der Waals surface area (Å²) in [6.45, 7) is 0. The minimum Gasteiger partial charge on any atom is -0.310 e. The smallest absolute Gasteiger partial charge is 0.179 e. The fraction of sp³-hybridized carbons (Fsp3) is 0. The lowest BCUT2D eigenvalue weighted by molar-refractivity contribution is 0.627. The number of benzene rings is 14. The Balaban J connectivity index is 0.819. The summed E-state index contributed by atoms with van der Waals surface area (Å²) in [4.78, 5) is 4.47. The number of fused-ring (bicyclic) bond motifs is 6. The van der Waals surface area contributed by atoms with Gasteiger partial charge >= 0.3 is 0 Å². The number of anilines is 6. The molecule has 16 aromatic rings. The predicted molar refractivity (Wildman–Crippen MR) is 379 cm³/mol. The Morgan fingerprint density at radius 1 is 0.220 bits per heavy atom. The Kier molecular flexibility index (Phi) is 13.9. The van der Waals surface area contributed by atoms with Gasteiger partial charge in [0.25, 0.3) is 0 Å². The highest BCUT2D eigenvalue weighted by molar-refractivity contribution is 7.20. The molecule has 0 aliphatic carbocycles. The van der Waals surface area contributed by atoms with Crippen molar-refractivity contribution in [1.29, 1.82) is 0 Å². The quantitative estimate of drug-likeness (QED) is 0.0797. The molecule has 0 N–H and O–H groups in total. The Labute approximate surface area is 528 Å². The fourth-order valence-corrected chi connectivity index (χ4v) is 18.7. The van der Waals surface area contributed by atoms with Crippen molar-refractivity contribution in [2.24, 2.45) is 0 Å². The van der Waals surface area contributed by atoms with Gasteiger partial charge in [0, 0.05) is 67.0 Å². The molecule has 0 atom stereocenters. The lowest BCUT2D eigenvalue weighted by atomic mass is 10.0. The molecule has 0 spiro atoms. The van der Waals surface area contributed by atoms with E-state index in [9.17, 15) is 8.78 Å². The number of nitrogens with zero attached hydrogens (tertiary/aromatic N) is 4. The second kappa shape index (κ2) is 23.1. The lowest BCUT2D eigenvalue weighted by Gasteiger charge is -2.35. The van der Waals surface area contributed by atoms with Gasteiger partial charge in [-0.05, 0) is 189 Å². The van der Waals surface area contributed by atoms with Crippen LogP contribution in [0.25, 0.3) is 77.2 Å². The number of para-hydroxylation sites is 4. The predicted octanol–water partition coefficient (Wildman–Crippen LogP) is 19.8. The second-order valence-electron chi connectivity index (χ2n) is 23.1. The molecule has 0 saturated carbocycles. The van der Waals surface area contributed by atoms with Crippen molar-refractivity contribution in [2.75, 3.05) is 9.80 Å². The monoisotopic (exact) mass is 1190 g/mol. The zero-order chi connectivity index (χ0) is 60.8. The van der Waals surface area contributed by atoms with E-state index in [2.05, 4.69) is 310 Å². The van der Waals surface area contributed by atoms with Gasteiger partial charge in [-0.3, -0.25) is 0 Å². The van der Waals surface area contributed by atoms with Gasteiger partial charge in [-0.2, -0.15) is 0 Å². The average molecular weight is 1190 g/mol. The van der Waals surface area contributed by atoms with Crippen molar-refractivity contribution in [3.05, 3.63) is 363 Å². The Morgan fingerprint density at radius 3 is 0.934 bits per heavy atom. The van der Waals surface area contributed by atoms with Crippen LogP contribution in [0.1, 0.15) is 0 Å². The van der Waals surface area contributed by atoms with Crippen LogP contribution in [0.15, 0.2) is 352 Å². The summed E-state index contributed by atoms with van der Waals surface area (Å²) in [7, 11) is -3.16. The average Bonchev–Trinajstić information content (AvgIpc) is 1.79. The molecular formula is C84H58F2N4Si. The van der Waals surface area contributed by atoms with E-state index in [0.717, 1.165) is 111 Å². The molecule has 0 aliphatic rings. The van der Waals surface area contributed by atoms with Gasteiger partial charge in [-0.1, -0.05) is 206 Å². The van der Waals surface area contributed by atoms with E-state index in [1.165, 1.54) is 45.0 Å². The van der Waals surface area contributed by atoms with Gasteiger partial charge in [0.15, 0.2) is 8.07 Å². The molecular weight excluding hydrogens is 1130 g/mol. The molecule has 0 radical (unpaired) electrons. The van der Waals surface area contributed by atoms with Crippen molar-refractivity contribution in [1.82, 2.24) is 9.13 Å². The largest absolute Gasteiger partial charge is 0.310 e. The van der Waals surface area contributed by atoms with Gasteiger partial charge in [-0.15, -0.1) is 0 Å². The normalized spacial score (nSPS) is 11.6. The number of halogens is 2. The summed E-state index contributed by atoms with van der Waals surface area (Å²) in [6, 6.07) is 123. The number of hydrogen-bond acceptors (Lipinski definition) is 2. The van der Waals surface area contributed by atoms with E-state index >= 15 is 0 Å². The van der Waals surface area contributed by atoms with Gasteiger partial charge < -0.3 is 18.9 Å². The Hall–Kier alpha value is -11.6. The summed E-state index contributed by atoms with van der Waals surface area (Å²) < 4.78 is 34.4. The maximum Gasteiger partial charge on any atom is 0.179 e. The van der Waals surface area contributed by atoms with Crippen LogP contribution in [0.5, 0.6) is 0 Å². The SMILES string of the molecule is Fc1ccc(N(c2cccc(-c3cccc([Si](c4ccccc4)(c4ccccc4)c4cccc(-c5cccc(N(c6ccc(F)cc6)c6ccc7c(c6)c6ccccc6n7-c6ccccc6)c5)c4)c3)c2)c2ccc3c(c2)c2ccccc2n3-c2ccccc2)cc1. The molecule has 14 aromatic carbocycles. The summed E-state index contributed by atoms with van der Waals surface area (Å²) in [5.74, 6) is -0.580. The number of hydrogen-bond donors (Lipinski definition) is 0. The van der Waals surface area contributed by atoms with Crippen LogP contribution in [-0.2, 0) is 0 Å². The zero-order valence-corrected chi connectivity index (χ0v) is 50.5. The first kappa shape index (κ1) is 54.7. The Morgan fingerprint density at radius 2 is 0.527 bits per heavy atom. The minimum absolute atomic E-state index is 0.290. The van der Waals surface area contributed by atoms with Crippen LogP contribution in [0.4, 0.5) is 42.9 Å². The van der Waals surface area contributed by atoms with Crippen molar-refractivity contribution in [3.8, 4) is 33.6 Å². The molecule has 0 fully saturated rings. The van der Waals surface area contributed by atoms with Crippen molar-refractivity contribution in [2.45, 2.75) is 0 Å². The molecule has 7 heteroatoms. The van der Waals surface area contributed by atoms with Crippen LogP contribution in [0.3, 0.4) is 0 Å². The maximum absolute atomic E-state index is 14.9. The third kappa shape index (κ3) is 9.76. The molecule has 16 rings (SSSR count). The summed E-state index contributed by atoms with van der Waals surface area (Å²) >= 11 is 0. The van der Waals surface area contributed by atoms with E-state index in [-0.39, 0.29) is 11.6 Å². The van der Waals surface area contributed by atoms with Crippen molar-refractivity contribution < 1.29 is 8.78 Å². The van der Waals surface area contributed by atoms with Crippen molar-refractivity contribution >= 4 is 107 Å². The standard InChI is InChI=1S/C84H58F2N4Si/c85-63-41-45-67(46-42-63)87(71-49-51-83-79(57-71)77-37-13-15-39-81(77)89(83)65-25-5-1-6-26-65)69-29-17-21-59(53-69)61-23-19-35-75(55-61)91(73-31-9-3-10-32-73,74-33-11-4-12-34-74)76-36-20-24-62(56-76)60-22-18-30-70(54-60)88(68-47-43-64(86)44-48-68)72-50-52-84-80(58-72)78-38-14-16-40-82(78)90(84)66-27-7-2-8-28-66/h1-58H. The molecule has 0 aliphatic heterocycles. The van der Waals surface area contributed by atoms with E-state index in [1.807, 2.05) is 36.4 Å². The van der Waals surface area contributed by atoms with E-state index < -0.39 is 8.07 Å². The first-order chi connectivity index (χ1) is 44.9. The third-order valence-corrected chi connectivity index (χ3v) is 22.7. The minimum atomic E-state index is -3.16. The van der Waals surface area contributed by atoms with Gasteiger partial charge in [0.05, 0.1) is 22.1 Å². The third-order valence-electron chi connectivity index (χ3n) is 17.9. The highest BCUT2D eigenvalue weighted by atomic mass is 28.3. The molecule has 4 nitrogen and oxygen atoms in total. The van der Waals surface area contributed by atoms with Gasteiger partial charge in [0.1, 0.15) is 11.6 Å². The van der Waals surface area contributed by atoms with E-state index in [4.69, 9.17) is 0 Å². The second-order valence-corrected chi connectivity index (χ2v) is 27.0. The summed E-state index contributed by atoms with van der Waals surface area (Å²) in [5, 5.41) is 9.54. The van der Waals surface area contributed by atoms with E-state index in [0.29, 0.717) is 0 Å². The molecule has 0 amide bonds. The van der Waals surface area contributed by atoms with Crippen LogP contribution in [0, 0.1) is 11.6 Å². The molecule has 432 valence electrons. The van der Waals surface area contributed by atoms with Crippen LogP contribution >= 0.6 is 0 Å². The number of rotatable bonds is 14. The lowest BCUT2D eigenvalue weighted by Crippen LogP contribution is -2.74. The molecule has 91 heavy (non-hydrogen) atoms. The molecule has 2 heterocycles. The molecule has 2 aromatic heterocycles. The first-order valence-electron chi connectivity index (χ1n) is 30.8. The number of aromatic nitrogens is 2. The van der Waals surface area contributed by atoms with Crippen LogP contribution in [-0.4, -0.2) is 17.2 Å². The van der Waals surface area contributed by atoms with E-state index in [1.54, 1.807) is 0 Å².